The molecule has 134 valence electrons. The number of halogens is 2. The van der Waals surface area contributed by atoms with E-state index in [1.807, 2.05) is 0 Å². The van der Waals surface area contributed by atoms with Gasteiger partial charge in [0, 0.05) is 37.2 Å². The van der Waals surface area contributed by atoms with Crippen LogP contribution < -0.4 is 5.32 Å². The lowest BCUT2D eigenvalue weighted by Crippen LogP contribution is -2.43. The number of benzene rings is 2. The summed E-state index contributed by atoms with van der Waals surface area (Å²) in [6.07, 6.45) is 0.579. The van der Waals surface area contributed by atoms with Crippen LogP contribution in [0.25, 0.3) is 0 Å². The minimum atomic E-state index is -1.40. The van der Waals surface area contributed by atoms with Gasteiger partial charge < -0.3 is 10.1 Å². The number of amides is 1. The third-order valence-corrected chi connectivity index (χ3v) is 4.32. The Morgan fingerprint density at radius 3 is 2.46 bits per heavy atom. The van der Waals surface area contributed by atoms with E-state index in [2.05, 4.69) is 17.2 Å². The molecule has 1 aliphatic heterocycles. The predicted octanol–water partition coefficient (Wildman–Crippen LogP) is 3.47. The molecule has 1 heterocycles. The second-order valence-electron chi connectivity index (χ2n) is 6.25. The Morgan fingerprint density at radius 1 is 1.08 bits per heavy atom. The molecule has 0 aromatic heterocycles. The zero-order chi connectivity index (χ0) is 18.4. The minimum absolute atomic E-state index is 0.0238. The number of ether oxygens (including phenoxy) is 1. The number of hydrogen-bond acceptors (Lipinski definition) is 2. The summed E-state index contributed by atoms with van der Waals surface area (Å²) in [5, 5.41) is 2.64. The first kappa shape index (κ1) is 18.1. The molecule has 1 fully saturated rings. The number of nitrogens with one attached hydrogen (secondary N) is 1. The normalized spacial score (nSPS) is 15.6. The number of carbonyl (C=O) groups excluding carboxylic acids is 1. The lowest BCUT2D eigenvalue weighted by atomic mass is 9.96. The summed E-state index contributed by atoms with van der Waals surface area (Å²) < 4.78 is 33.1. The van der Waals surface area contributed by atoms with Crippen LogP contribution >= 0.6 is 0 Å². The molecule has 2 aromatic carbocycles. The van der Waals surface area contributed by atoms with E-state index in [0.29, 0.717) is 29.9 Å². The maximum absolute atomic E-state index is 14.5. The van der Waals surface area contributed by atoms with Gasteiger partial charge in [-0.15, -0.1) is 0 Å². The molecule has 1 N–H and O–H groups in total. The van der Waals surface area contributed by atoms with Crippen LogP contribution in [-0.4, -0.2) is 31.3 Å². The second kappa shape index (κ2) is 8.11. The van der Waals surface area contributed by atoms with Gasteiger partial charge in [0.25, 0.3) is 5.91 Å². The van der Waals surface area contributed by atoms with Gasteiger partial charge in [-0.05, 0) is 36.4 Å². The van der Waals surface area contributed by atoms with E-state index in [4.69, 9.17) is 4.74 Å². The maximum Gasteiger partial charge on any atom is 0.251 e. The van der Waals surface area contributed by atoms with Crippen molar-refractivity contribution in [1.82, 2.24) is 5.32 Å². The summed E-state index contributed by atoms with van der Waals surface area (Å²) in [4.78, 5) is 12.2. The topological polar surface area (TPSA) is 38.3 Å². The standard InChI is InChI=1S/C21H19F2NO2/c22-19-4-2-1-3-17(19)8-5-16-6-9-18(10-7-16)20(25)24-15-21(23)11-13-26-14-12-21/h1-4,6-7,9-10H,11-15H2,(H,24,25). The van der Waals surface area contributed by atoms with Crippen LogP contribution in [0.4, 0.5) is 8.78 Å². The van der Waals surface area contributed by atoms with Crippen molar-refractivity contribution >= 4 is 5.91 Å². The first-order valence-electron chi connectivity index (χ1n) is 8.47. The fourth-order valence-corrected chi connectivity index (χ4v) is 2.66. The van der Waals surface area contributed by atoms with E-state index in [-0.39, 0.29) is 31.1 Å². The van der Waals surface area contributed by atoms with Crippen molar-refractivity contribution in [2.75, 3.05) is 19.8 Å². The van der Waals surface area contributed by atoms with Gasteiger partial charge in [-0.1, -0.05) is 24.0 Å². The third-order valence-electron chi connectivity index (χ3n) is 4.32. The van der Waals surface area contributed by atoms with Gasteiger partial charge in [0.2, 0.25) is 0 Å². The van der Waals surface area contributed by atoms with Crippen molar-refractivity contribution in [2.24, 2.45) is 0 Å². The van der Waals surface area contributed by atoms with Gasteiger partial charge in [-0.25, -0.2) is 8.78 Å². The van der Waals surface area contributed by atoms with Crippen molar-refractivity contribution < 1.29 is 18.3 Å². The Balaban J connectivity index is 1.60. The Hall–Kier alpha value is -2.71. The van der Waals surface area contributed by atoms with Crippen LogP contribution in [0, 0.1) is 17.7 Å². The Labute approximate surface area is 151 Å². The maximum atomic E-state index is 14.5. The molecule has 0 radical (unpaired) electrons. The molecule has 26 heavy (non-hydrogen) atoms. The SMILES string of the molecule is O=C(NCC1(F)CCOCC1)c1ccc(C#Cc2ccccc2F)cc1. The fraction of sp³-hybridized carbons (Fsp3) is 0.286. The molecule has 1 amide bonds. The summed E-state index contributed by atoms with van der Waals surface area (Å²) in [5.74, 6) is 4.92. The summed E-state index contributed by atoms with van der Waals surface area (Å²) in [5.41, 5.74) is 0.00587. The van der Waals surface area contributed by atoms with Crippen molar-refractivity contribution in [3.05, 3.63) is 71.0 Å². The minimum Gasteiger partial charge on any atom is -0.381 e. The Kier molecular flexibility index (Phi) is 5.65. The van der Waals surface area contributed by atoms with Gasteiger partial charge in [0.15, 0.2) is 0 Å². The highest BCUT2D eigenvalue weighted by molar-refractivity contribution is 5.94. The van der Waals surface area contributed by atoms with E-state index in [1.54, 1.807) is 42.5 Å². The summed E-state index contributed by atoms with van der Waals surface area (Å²) >= 11 is 0. The molecular formula is C21H19F2NO2. The Bertz CT molecular complexity index is 831. The molecule has 3 nitrogen and oxygen atoms in total. The second-order valence-corrected chi connectivity index (χ2v) is 6.25. The predicted molar refractivity (Wildman–Crippen MR) is 95.0 cm³/mol. The molecule has 2 aromatic rings. The van der Waals surface area contributed by atoms with Crippen LogP contribution in [-0.2, 0) is 4.74 Å². The van der Waals surface area contributed by atoms with Crippen LogP contribution in [0.3, 0.4) is 0 Å². The average Bonchev–Trinajstić information content (AvgIpc) is 2.67. The smallest absolute Gasteiger partial charge is 0.251 e. The quantitative estimate of drug-likeness (QED) is 0.856. The number of hydrogen-bond donors (Lipinski definition) is 1. The van der Waals surface area contributed by atoms with Crippen molar-refractivity contribution in [2.45, 2.75) is 18.5 Å². The highest BCUT2D eigenvalue weighted by Gasteiger charge is 2.32. The first-order chi connectivity index (χ1) is 12.6. The van der Waals surface area contributed by atoms with E-state index in [1.165, 1.54) is 6.07 Å². The summed E-state index contributed by atoms with van der Waals surface area (Å²) in [7, 11) is 0. The van der Waals surface area contributed by atoms with Crippen LogP contribution in [0.15, 0.2) is 48.5 Å². The molecule has 1 saturated heterocycles. The zero-order valence-corrected chi connectivity index (χ0v) is 14.2. The number of rotatable bonds is 3. The summed E-state index contributed by atoms with van der Waals surface area (Å²) in [6, 6.07) is 12.9. The highest BCUT2D eigenvalue weighted by Crippen LogP contribution is 2.24. The highest BCUT2D eigenvalue weighted by atomic mass is 19.1. The molecule has 0 aliphatic carbocycles. The van der Waals surface area contributed by atoms with Crippen molar-refractivity contribution in [3.8, 4) is 11.8 Å². The van der Waals surface area contributed by atoms with Crippen molar-refractivity contribution in [1.29, 1.82) is 0 Å². The van der Waals surface area contributed by atoms with Crippen LogP contribution in [0.2, 0.25) is 0 Å². The molecule has 5 heteroatoms. The largest absolute Gasteiger partial charge is 0.381 e. The summed E-state index contributed by atoms with van der Waals surface area (Å²) in [6.45, 7) is 0.730. The lowest BCUT2D eigenvalue weighted by molar-refractivity contribution is -0.00737. The van der Waals surface area contributed by atoms with Gasteiger partial charge in [0.1, 0.15) is 11.5 Å². The third kappa shape index (κ3) is 4.68. The number of carbonyl (C=O) groups is 1. The van der Waals surface area contributed by atoms with Crippen LogP contribution in [0.1, 0.15) is 34.3 Å². The van der Waals surface area contributed by atoms with Crippen molar-refractivity contribution in [3.63, 3.8) is 0 Å². The average molecular weight is 355 g/mol. The lowest BCUT2D eigenvalue weighted by Gasteiger charge is -2.29. The molecule has 0 spiro atoms. The van der Waals surface area contributed by atoms with Crippen LogP contribution in [0.5, 0.6) is 0 Å². The van der Waals surface area contributed by atoms with E-state index < -0.39 is 5.67 Å². The van der Waals surface area contributed by atoms with Gasteiger partial charge >= 0.3 is 0 Å². The Morgan fingerprint density at radius 2 is 1.77 bits per heavy atom. The van der Waals surface area contributed by atoms with E-state index in [0.717, 1.165) is 0 Å². The monoisotopic (exact) mass is 355 g/mol. The van der Waals surface area contributed by atoms with E-state index >= 15 is 0 Å². The molecular weight excluding hydrogens is 336 g/mol. The molecule has 3 rings (SSSR count). The van der Waals surface area contributed by atoms with E-state index in [9.17, 15) is 13.6 Å². The zero-order valence-electron chi connectivity index (χ0n) is 14.2. The fourth-order valence-electron chi connectivity index (χ4n) is 2.66. The molecule has 0 unspecified atom stereocenters. The molecule has 0 atom stereocenters. The first-order valence-corrected chi connectivity index (χ1v) is 8.47. The van der Waals surface area contributed by atoms with Gasteiger partial charge in [-0.2, -0.15) is 0 Å². The molecule has 0 saturated carbocycles. The van der Waals surface area contributed by atoms with Gasteiger partial charge in [-0.3, -0.25) is 4.79 Å². The molecule has 0 bridgehead atoms. The number of alkyl halides is 1. The molecule has 1 aliphatic rings. The van der Waals surface area contributed by atoms with Gasteiger partial charge in [0.05, 0.1) is 12.1 Å².